The Bertz CT molecular complexity index is 778. The molecular weight excluding hydrogens is 302 g/mol. The molecule has 5 heteroatoms. The summed E-state index contributed by atoms with van der Waals surface area (Å²) in [4.78, 5) is 15.5. The number of fused-ring (bicyclic) bond motifs is 1. The number of carboxylic acid groups (broad SMARTS) is 1. The lowest BCUT2D eigenvalue weighted by Crippen LogP contribution is -1.98. The maximum absolute atomic E-state index is 10.9. The van der Waals surface area contributed by atoms with Crippen LogP contribution >= 0.6 is 23.1 Å². The second-order valence-electron chi connectivity index (χ2n) is 4.68. The number of benzene rings is 2. The summed E-state index contributed by atoms with van der Waals surface area (Å²) in [6.07, 6.45) is 0. The number of hydrogen-bond acceptors (Lipinski definition) is 4. The summed E-state index contributed by atoms with van der Waals surface area (Å²) in [5.74, 6) is -0.0885. The van der Waals surface area contributed by atoms with Gasteiger partial charge in [0.05, 0.1) is 15.8 Å². The summed E-state index contributed by atoms with van der Waals surface area (Å²) in [5.41, 5.74) is 3.51. The molecule has 0 amide bonds. The van der Waals surface area contributed by atoms with Gasteiger partial charge in [-0.1, -0.05) is 30.0 Å². The van der Waals surface area contributed by atoms with Gasteiger partial charge in [0.15, 0.2) is 4.34 Å². The number of para-hydroxylation sites is 1. The molecule has 0 spiro atoms. The predicted molar refractivity (Wildman–Crippen MR) is 87.3 cm³/mol. The fourth-order valence-electron chi connectivity index (χ4n) is 2.04. The molecule has 2 aromatic carbocycles. The summed E-state index contributed by atoms with van der Waals surface area (Å²) >= 11 is 3.38. The van der Waals surface area contributed by atoms with Crippen LogP contribution in [0.15, 0.2) is 46.8 Å². The van der Waals surface area contributed by atoms with Gasteiger partial charge in [0, 0.05) is 5.75 Å². The normalized spacial score (nSPS) is 10.9. The van der Waals surface area contributed by atoms with E-state index in [2.05, 4.69) is 11.1 Å². The van der Waals surface area contributed by atoms with Crippen molar-refractivity contribution in [1.82, 2.24) is 4.98 Å². The third-order valence-electron chi connectivity index (χ3n) is 3.21. The van der Waals surface area contributed by atoms with E-state index in [4.69, 9.17) is 5.11 Å². The summed E-state index contributed by atoms with van der Waals surface area (Å²) in [7, 11) is 0. The SMILES string of the molecule is Cc1cc(C(=O)O)ccc1CSc1nc2ccccc2s1. The van der Waals surface area contributed by atoms with E-state index in [0.717, 1.165) is 26.7 Å². The van der Waals surface area contributed by atoms with Crippen LogP contribution in [0.1, 0.15) is 21.5 Å². The molecule has 0 radical (unpaired) electrons. The van der Waals surface area contributed by atoms with Crippen molar-refractivity contribution in [3.05, 3.63) is 59.2 Å². The maximum atomic E-state index is 10.9. The Labute approximate surface area is 130 Å². The Balaban J connectivity index is 1.76. The van der Waals surface area contributed by atoms with Crippen LogP contribution in [0.4, 0.5) is 0 Å². The first kappa shape index (κ1) is 14.1. The Morgan fingerprint density at radius 1 is 1.29 bits per heavy atom. The third-order valence-corrected chi connectivity index (χ3v) is 5.44. The second-order valence-corrected chi connectivity index (χ2v) is 6.94. The molecule has 0 aliphatic heterocycles. The largest absolute Gasteiger partial charge is 0.478 e. The number of hydrogen-bond donors (Lipinski definition) is 1. The van der Waals surface area contributed by atoms with Crippen molar-refractivity contribution in [3.63, 3.8) is 0 Å². The van der Waals surface area contributed by atoms with Crippen molar-refractivity contribution >= 4 is 39.3 Å². The van der Waals surface area contributed by atoms with Crippen molar-refractivity contribution in [1.29, 1.82) is 0 Å². The van der Waals surface area contributed by atoms with Gasteiger partial charge in [-0.15, -0.1) is 11.3 Å². The molecule has 3 rings (SSSR count). The van der Waals surface area contributed by atoms with E-state index in [-0.39, 0.29) is 0 Å². The van der Waals surface area contributed by atoms with Gasteiger partial charge < -0.3 is 5.11 Å². The number of carbonyl (C=O) groups is 1. The Kier molecular flexibility index (Phi) is 3.94. The van der Waals surface area contributed by atoms with Gasteiger partial charge in [-0.25, -0.2) is 9.78 Å². The number of thiazole rings is 1. The lowest BCUT2D eigenvalue weighted by molar-refractivity contribution is 0.0697. The quantitative estimate of drug-likeness (QED) is 0.715. The van der Waals surface area contributed by atoms with Crippen LogP contribution in [-0.4, -0.2) is 16.1 Å². The fraction of sp³-hybridized carbons (Fsp3) is 0.125. The molecule has 0 fully saturated rings. The molecule has 3 aromatic rings. The van der Waals surface area contributed by atoms with Crippen LogP contribution in [0.3, 0.4) is 0 Å². The first-order valence-electron chi connectivity index (χ1n) is 6.44. The minimum atomic E-state index is -0.886. The van der Waals surface area contributed by atoms with E-state index in [1.165, 1.54) is 4.70 Å². The zero-order valence-corrected chi connectivity index (χ0v) is 13.0. The first-order chi connectivity index (χ1) is 10.1. The highest BCUT2D eigenvalue weighted by Crippen LogP contribution is 2.32. The van der Waals surface area contributed by atoms with Gasteiger partial charge in [0.2, 0.25) is 0 Å². The number of thioether (sulfide) groups is 1. The molecular formula is C16H13NO2S2. The summed E-state index contributed by atoms with van der Waals surface area (Å²) < 4.78 is 2.23. The Morgan fingerprint density at radius 2 is 2.10 bits per heavy atom. The second kappa shape index (κ2) is 5.87. The zero-order valence-electron chi connectivity index (χ0n) is 11.4. The molecule has 0 atom stereocenters. The van der Waals surface area contributed by atoms with E-state index in [1.54, 1.807) is 35.2 Å². The molecule has 1 N–H and O–H groups in total. The number of aryl methyl sites for hydroxylation is 1. The molecule has 0 bridgehead atoms. The highest BCUT2D eigenvalue weighted by atomic mass is 32.2. The van der Waals surface area contributed by atoms with E-state index >= 15 is 0 Å². The lowest BCUT2D eigenvalue weighted by atomic mass is 10.1. The van der Waals surface area contributed by atoms with Crippen molar-refractivity contribution in [3.8, 4) is 0 Å². The van der Waals surface area contributed by atoms with E-state index in [0.29, 0.717) is 5.56 Å². The average Bonchev–Trinajstić information content (AvgIpc) is 2.88. The van der Waals surface area contributed by atoms with Gasteiger partial charge in [-0.2, -0.15) is 0 Å². The van der Waals surface area contributed by atoms with Crippen LogP contribution in [-0.2, 0) is 5.75 Å². The molecule has 1 aromatic heterocycles. The average molecular weight is 315 g/mol. The van der Waals surface area contributed by atoms with Crippen molar-refractivity contribution in [2.24, 2.45) is 0 Å². The van der Waals surface area contributed by atoms with E-state index in [1.807, 2.05) is 31.2 Å². The monoisotopic (exact) mass is 315 g/mol. The summed E-state index contributed by atoms with van der Waals surface area (Å²) in [5, 5.41) is 8.98. The highest BCUT2D eigenvalue weighted by Gasteiger charge is 2.08. The van der Waals surface area contributed by atoms with Crippen molar-refractivity contribution in [2.75, 3.05) is 0 Å². The molecule has 106 valence electrons. The molecule has 0 unspecified atom stereocenters. The van der Waals surface area contributed by atoms with Crippen LogP contribution in [0, 0.1) is 6.92 Å². The van der Waals surface area contributed by atoms with Gasteiger partial charge in [-0.05, 0) is 42.3 Å². The zero-order chi connectivity index (χ0) is 14.8. The standard InChI is InChI=1S/C16H13NO2S2/c1-10-8-11(15(18)19)6-7-12(10)9-20-16-17-13-4-2-3-5-14(13)21-16/h2-8H,9H2,1H3,(H,18,19). The van der Waals surface area contributed by atoms with Gasteiger partial charge >= 0.3 is 5.97 Å². The summed E-state index contributed by atoms with van der Waals surface area (Å²) in [6.45, 7) is 1.95. The lowest BCUT2D eigenvalue weighted by Gasteiger charge is -2.05. The Hall–Kier alpha value is -1.85. The minimum Gasteiger partial charge on any atom is -0.478 e. The maximum Gasteiger partial charge on any atom is 0.335 e. The molecule has 0 aliphatic rings. The van der Waals surface area contributed by atoms with E-state index in [9.17, 15) is 4.79 Å². The highest BCUT2D eigenvalue weighted by molar-refractivity contribution is 8.00. The van der Waals surface area contributed by atoms with E-state index < -0.39 is 5.97 Å². The van der Waals surface area contributed by atoms with Crippen molar-refractivity contribution < 1.29 is 9.90 Å². The molecule has 0 saturated heterocycles. The topological polar surface area (TPSA) is 50.2 Å². The Morgan fingerprint density at radius 3 is 2.81 bits per heavy atom. The van der Waals surface area contributed by atoms with Gasteiger partial charge in [0.1, 0.15) is 0 Å². The van der Waals surface area contributed by atoms with Crippen LogP contribution in [0.25, 0.3) is 10.2 Å². The number of carboxylic acids is 1. The smallest absolute Gasteiger partial charge is 0.335 e. The number of nitrogens with zero attached hydrogens (tertiary/aromatic N) is 1. The van der Waals surface area contributed by atoms with Gasteiger partial charge in [0.25, 0.3) is 0 Å². The molecule has 1 heterocycles. The molecule has 0 saturated carbocycles. The molecule has 3 nitrogen and oxygen atoms in total. The predicted octanol–water partition coefficient (Wildman–Crippen LogP) is 4.60. The molecule has 0 aliphatic carbocycles. The summed E-state index contributed by atoms with van der Waals surface area (Å²) in [6, 6.07) is 13.4. The van der Waals surface area contributed by atoms with Crippen molar-refractivity contribution in [2.45, 2.75) is 17.0 Å². The first-order valence-corrected chi connectivity index (χ1v) is 8.25. The number of rotatable bonds is 4. The number of aromatic nitrogens is 1. The fourth-order valence-corrected chi connectivity index (χ4v) is 4.19. The van der Waals surface area contributed by atoms with Crippen LogP contribution in [0.2, 0.25) is 0 Å². The van der Waals surface area contributed by atoms with Crippen LogP contribution in [0.5, 0.6) is 0 Å². The van der Waals surface area contributed by atoms with Gasteiger partial charge in [-0.3, -0.25) is 0 Å². The minimum absolute atomic E-state index is 0.334. The molecule has 21 heavy (non-hydrogen) atoms. The van der Waals surface area contributed by atoms with Crippen LogP contribution < -0.4 is 0 Å². The third kappa shape index (κ3) is 3.09. The number of aromatic carboxylic acids is 1.